The third-order valence-electron chi connectivity index (χ3n) is 5.34. The van der Waals surface area contributed by atoms with Crippen LogP contribution in [0.5, 0.6) is 0 Å². The number of nitrogens with zero attached hydrogens (tertiary/aromatic N) is 7. The van der Waals surface area contributed by atoms with Crippen molar-refractivity contribution in [3.8, 4) is 5.82 Å². The number of likely N-dealkylation sites (tertiary alicyclic amines) is 1. The maximum absolute atomic E-state index is 12.2. The average molecular weight is 367 g/mol. The van der Waals surface area contributed by atoms with Crippen molar-refractivity contribution in [3.05, 3.63) is 58.9 Å². The highest BCUT2D eigenvalue weighted by Gasteiger charge is 2.20. The molecule has 0 saturated carbocycles. The first-order valence-electron chi connectivity index (χ1n) is 9.46. The summed E-state index contributed by atoms with van der Waals surface area (Å²) in [4.78, 5) is 14.7. The molecule has 1 aliphatic rings. The molecule has 0 aliphatic carbocycles. The molecule has 3 aromatic heterocycles. The smallest absolute Gasteiger partial charge is 0.266 e. The summed E-state index contributed by atoms with van der Waals surface area (Å²) in [5.74, 6) is 1.16. The Bertz CT molecular complexity index is 920. The molecule has 0 unspecified atom stereocenters. The second-order valence-corrected chi connectivity index (χ2v) is 7.14. The summed E-state index contributed by atoms with van der Waals surface area (Å²) in [6, 6.07) is 7.22. The zero-order valence-corrected chi connectivity index (χ0v) is 15.6. The second kappa shape index (κ2) is 7.87. The van der Waals surface area contributed by atoms with Crippen LogP contribution in [0, 0.1) is 5.92 Å². The predicted octanol–water partition coefficient (Wildman–Crippen LogP) is 1.12. The van der Waals surface area contributed by atoms with Crippen molar-refractivity contribution in [2.45, 2.75) is 25.8 Å². The van der Waals surface area contributed by atoms with Gasteiger partial charge in [0.15, 0.2) is 5.82 Å². The second-order valence-electron chi connectivity index (χ2n) is 7.14. The normalized spacial score (nSPS) is 16.0. The van der Waals surface area contributed by atoms with E-state index >= 15 is 0 Å². The summed E-state index contributed by atoms with van der Waals surface area (Å²) in [6.07, 6.45) is 8.59. The Hall–Kier alpha value is -2.74. The molecule has 0 radical (unpaired) electrons. The zero-order valence-electron chi connectivity index (χ0n) is 15.6. The molecule has 1 aliphatic heterocycles. The largest absolute Gasteiger partial charge is 0.303 e. The van der Waals surface area contributed by atoms with E-state index in [1.165, 1.54) is 5.69 Å². The van der Waals surface area contributed by atoms with E-state index in [-0.39, 0.29) is 5.56 Å². The number of hydrogen-bond acceptors (Lipinski definition) is 5. The van der Waals surface area contributed by atoms with Gasteiger partial charge in [-0.15, -0.1) is 5.10 Å². The van der Waals surface area contributed by atoms with Gasteiger partial charge >= 0.3 is 0 Å². The summed E-state index contributed by atoms with van der Waals surface area (Å²) < 4.78 is 5.21. The first-order valence-corrected chi connectivity index (χ1v) is 9.46. The van der Waals surface area contributed by atoms with E-state index in [1.807, 2.05) is 30.2 Å². The molecule has 0 spiro atoms. The molecular formula is C19H25N7O. The lowest BCUT2D eigenvalue weighted by molar-refractivity contribution is 0.170. The fourth-order valence-electron chi connectivity index (χ4n) is 3.65. The highest BCUT2D eigenvalue weighted by molar-refractivity contribution is 5.17. The topological polar surface area (TPSA) is 73.8 Å². The van der Waals surface area contributed by atoms with E-state index < -0.39 is 0 Å². The van der Waals surface area contributed by atoms with Crippen LogP contribution in [-0.4, -0.2) is 53.9 Å². The van der Waals surface area contributed by atoms with Crippen LogP contribution in [0.15, 0.2) is 47.7 Å². The van der Waals surface area contributed by atoms with Gasteiger partial charge in [0, 0.05) is 56.9 Å². The summed E-state index contributed by atoms with van der Waals surface area (Å²) in [6.45, 7) is 3.86. The van der Waals surface area contributed by atoms with Crippen molar-refractivity contribution < 1.29 is 0 Å². The van der Waals surface area contributed by atoms with Crippen LogP contribution in [0.25, 0.3) is 5.82 Å². The van der Waals surface area contributed by atoms with Gasteiger partial charge in [-0.05, 0) is 50.0 Å². The number of aromatic nitrogens is 6. The SMILES string of the molecule is Cn1nccc1CCN1CCC(Cn2nc(-n3cccn3)ccc2=O)CC1. The Labute approximate surface area is 158 Å². The van der Waals surface area contributed by atoms with Gasteiger partial charge in [0.25, 0.3) is 5.56 Å². The number of rotatable bonds is 6. The summed E-state index contributed by atoms with van der Waals surface area (Å²) in [5.41, 5.74) is 1.22. The quantitative estimate of drug-likeness (QED) is 0.653. The van der Waals surface area contributed by atoms with Gasteiger partial charge in [0.05, 0.1) is 0 Å². The highest BCUT2D eigenvalue weighted by atomic mass is 16.1. The molecule has 4 heterocycles. The van der Waals surface area contributed by atoms with Crippen LogP contribution in [0.4, 0.5) is 0 Å². The monoisotopic (exact) mass is 367 g/mol. The zero-order chi connectivity index (χ0) is 18.6. The molecule has 4 rings (SSSR count). The van der Waals surface area contributed by atoms with Gasteiger partial charge in [-0.25, -0.2) is 9.36 Å². The highest BCUT2D eigenvalue weighted by Crippen LogP contribution is 2.18. The Morgan fingerprint density at radius 3 is 2.67 bits per heavy atom. The fraction of sp³-hybridized carbons (Fsp3) is 0.474. The molecule has 8 nitrogen and oxygen atoms in total. The van der Waals surface area contributed by atoms with Gasteiger partial charge in [0.1, 0.15) is 0 Å². The lowest BCUT2D eigenvalue weighted by Gasteiger charge is -2.31. The van der Waals surface area contributed by atoms with E-state index in [0.717, 1.165) is 38.9 Å². The Kier molecular flexibility index (Phi) is 5.15. The van der Waals surface area contributed by atoms with Crippen molar-refractivity contribution in [2.24, 2.45) is 13.0 Å². The molecule has 1 saturated heterocycles. The lowest BCUT2D eigenvalue weighted by Crippen LogP contribution is -2.38. The van der Waals surface area contributed by atoms with Crippen LogP contribution >= 0.6 is 0 Å². The molecule has 0 amide bonds. The first-order chi connectivity index (χ1) is 13.2. The van der Waals surface area contributed by atoms with Crippen LogP contribution in [0.1, 0.15) is 18.5 Å². The van der Waals surface area contributed by atoms with Gasteiger partial charge in [0.2, 0.25) is 0 Å². The summed E-state index contributed by atoms with van der Waals surface area (Å²) in [7, 11) is 1.99. The molecule has 0 bridgehead atoms. The van der Waals surface area contributed by atoms with Crippen LogP contribution in [0.2, 0.25) is 0 Å². The van der Waals surface area contributed by atoms with Crippen molar-refractivity contribution in [1.29, 1.82) is 0 Å². The van der Waals surface area contributed by atoms with Crippen LogP contribution in [-0.2, 0) is 20.0 Å². The molecule has 27 heavy (non-hydrogen) atoms. The fourth-order valence-corrected chi connectivity index (χ4v) is 3.65. The number of hydrogen-bond donors (Lipinski definition) is 0. The molecule has 1 fully saturated rings. The van der Waals surface area contributed by atoms with E-state index in [0.29, 0.717) is 18.3 Å². The Morgan fingerprint density at radius 2 is 1.96 bits per heavy atom. The van der Waals surface area contributed by atoms with Crippen molar-refractivity contribution in [2.75, 3.05) is 19.6 Å². The molecule has 0 atom stereocenters. The van der Waals surface area contributed by atoms with Crippen molar-refractivity contribution in [1.82, 2.24) is 34.2 Å². The standard InChI is InChI=1S/C19H25N7O/c1-23-17(5-10-20-23)8-14-24-12-6-16(7-13-24)15-26-19(27)4-3-18(22-26)25-11-2-9-21-25/h2-5,9-11,16H,6-8,12-15H2,1H3. The van der Waals surface area contributed by atoms with Gasteiger partial charge in [-0.1, -0.05) is 0 Å². The molecule has 8 heteroatoms. The van der Waals surface area contributed by atoms with Crippen molar-refractivity contribution in [3.63, 3.8) is 0 Å². The predicted molar refractivity (Wildman–Crippen MR) is 102 cm³/mol. The van der Waals surface area contributed by atoms with Crippen molar-refractivity contribution >= 4 is 0 Å². The van der Waals surface area contributed by atoms with E-state index in [9.17, 15) is 4.79 Å². The molecule has 3 aromatic rings. The van der Waals surface area contributed by atoms with E-state index in [1.54, 1.807) is 27.7 Å². The van der Waals surface area contributed by atoms with Gasteiger partial charge in [-0.2, -0.15) is 10.2 Å². The molecular weight excluding hydrogens is 342 g/mol. The first kappa shape index (κ1) is 17.7. The van der Waals surface area contributed by atoms with E-state index in [4.69, 9.17) is 0 Å². The molecule has 142 valence electrons. The number of piperidine rings is 1. The van der Waals surface area contributed by atoms with Gasteiger partial charge in [-0.3, -0.25) is 9.48 Å². The van der Waals surface area contributed by atoms with Gasteiger partial charge < -0.3 is 4.90 Å². The maximum Gasteiger partial charge on any atom is 0.266 e. The molecule has 0 N–H and O–H groups in total. The third-order valence-corrected chi connectivity index (χ3v) is 5.34. The average Bonchev–Trinajstić information content (AvgIpc) is 3.35. The summed E-state index contributed by atoms with van der Waals surface area (Å²) in [5, 5.41) is 12.9. The minimum absolute atomic E-state index is 0.0513. The van der Waals surface area contributed by atoms with E-state index in [2.05, 4.69) is 26.3 Å². The lowest BCUT2D eigenvalue weighted by atomic mass is 9.96. The minimum Gasteiger partial charge on any atom is -0.303 e. The Balaban J connectivity index is 1.32. The Morgan fingerprint density at radius 1 is 1.11 bits per heavy atom. The van der Waals surface area contributed by atoms with Crippen LogP contribution in [0.3, 0.4) is 0 Å². The van der Waals surface area contributed by atoms with Crippen LogP contribution < -0.4 is 5.56 Å². The molecule has 0 aromatic carbocycles. The summed E-state index contributed by atoms with van der Waals surface area (Å²) >= 11 is 0. The number of aryl methyl sites for hydroxylation is 1. The maximum atomic E-state index is 12.2. The third kappa shape index (κ3) is 4.16. The minimum atomic E-state index is -0.0513.